The Morgan fingerprint density at radius 1 is 1.11 bits per heavy atom. The van der Waals surface area contributed by atoms with Crippen LogP contribution in [0, 0.1) is 24.4 Å². The Balaban J connectivity index is 2.56. The number of aryl methyl sites for hydroxylation is 1. The molecule has 5 heteroatoms. The Kier molecular flexibility index (Phi) is 3.83. The second-order valence-electron chi connectivity index (χ2n) is 4.16. The maximum absolute atomic E-state index is 13.9. The molecule has 0 radical (unpaired) electrons. The Labute approximate surface area is 113 Å². The third-order valence-corrected chi connectivity index (χ3v) is 3.18. The summed E-state index contributed by atoms with van der Waals surface area (Å²) >= 11 is 5.77. The van der Waals surface area contributed by atoms with E-state index >= 15 is 0 Å². The van der Waals surface area contributed by atoms with Crippen LogP contribution in [0.4, 0.5) is 13.2 Å². The molecule has 0 aromatic heterocycles. The van der Waals surface area contributed by atoms with Crippen LogP contribution in [0.15, 0.2) is 30.3 Å². The van der Waals surface area contributed by atoms with Crippen LogP contribution in [-0.4, -0.2) is 5.11 Å². The second-order valence-corrected chi connectivity index (χ2v) is 4.57. The summed E-state index contributed by atoms with van der Waals surface area (Å²) in [6.45, 7) is 1.46. The molecule has 0 aliphatic rings. The molecule has 1 N–H and O–H groups in total. The van der Waals surface area contributed by atoms with Crippen LogP contribution < -0.4 is 0 Å². The van der Waals surface area contributed by atoms with Crippen LogP contribution in [-0.2, 0) is 0 Å². The average molecular weight is 287 g/mol. The highest BCUT2D eigenvalue weighted by Crippen LogP contribution is 2.32. The van der Waals surface area contributed by atoms with Gasteiger partial charge in [-0.25, -0.2) is 13.2 Å². The van der Waals surface area contributed by atoms with Crippen LogP contribution >= 0.6 is 11.6 Å². The quantitative estimate of drug-likeness (QED) is 0.879. The van der Waals surface area contributed by atoms with E-state index < -0.39 is 29.1 Å². The summed E-state index contributed by atoms with van der Waals surface area (Å²) in [4.78, 5) is 0. The van der Waals surface area contributed by atoms with Crippen LogP contribution in [0.2, 0.25) is 5.02 Å². The van der Waals surface area contributed by atoms with Crippen molar-refractivity contribution in [2.75, 3.05) is 0 Å². The number of aliphatic hydroxyl groups is 1. The van der Waals surface area contributed by atoms with Gasteiger partial charge in [0.05, 0.1) is 5.56 Å². The van der Waals surface area contributed by atoms with Gasteiger partial charge in [0.1, 0.15) is 23.6 Å². The summed E-state index contributed by atoms with van der Waals surface area (Å²) in [6, 6.07) is 5.58. The van der Waals surface area contributed by atoms with Crippen molar-refractivity contribution < 1.29 is 18.3 Å². The molecule has 0 aliphatic carbocycles. The van der Waals surface area contributed by atoms with Gasteiger partial charge in [0.25, 0.3) is 0 Å². The van der Waals surface area contributed by atoms with E-state index in [2.05, 4.69) is 0 Å². The minimum Gasteiger partial charge on any atom is -0.383 e. The van der Waals surface area contributed by atoms with Crippen molar-refractivity contribution in [3.63, 3.8) is 0 Å². The first kappa shape index (κ1) is 13.9. The van der Waals surface area contributed by atoms with E-state index in [-0.39, 0.29) is 16.1 Å². The van der Waals surface area contributed by atoms with Gasteiger partial charge in [-0.3, -0.25) is 0 Å². The maximum Gasteiger partial charge on any atom is 0.135 e. The minimum absolute atomic E-state index is 0.0477. The molecule has 0 aliphatic heterocycles. The van der Waals surface area contributed by atoms with E-state index in [0.717, 1.165) is 18.2 Å². The predicted molar refractivity (Wildman–Crippen MR) is 66.6 cm³/mol. The zero-order chi connectivity index (χ0) is 14.2. The van der Waals surface area contributed by atoms with Gasteiger partial charge in [-0.15, -0.1) is 0 Å². The predicted octanol–water partition coefficient (Wildman–Crippen LogP) is 4.15. The molecule has 0 bridgehead atoms. The van der Waals surface area contributed by atoms with E-state index in [9.17, 15) is 18.3 Å². The Morgan fingerprint density at radius 3 is 2.42 bits per heavy atom. The van der Waals surface area contributed by atoms with Gasteiger partial charge in [0, 0.05) is 10.6 Å². The molecule has 0 heterocycles. The molecular weight excluding hydrogens is 277 g/mol. The molecule has 1 unspecified atom stereocenters. The van der Waals surface area contributed by atoms with E-state index in [1.807, 2.05) is 0 Å². The lowest BCUT2D eigenvalue weighted by Gasteiger charge is -2.16. The van der Waals surface area contributed by atoms with Gasteiger partial charge in [-0.1, -0.05) is 23.7 Å². The van der Waals surface area contributed by atoms with E-state index in [0.29, 0.717) is 0 Å². The molecule has 1 nitrogen and oxygen atoms in total. The molecule has 0 amide bonds. The summed E-state index contributed by atoms with van der Waals surface area (Å²) in [7, 11) is 0. The zero-order valence-electron chi connectivity index (χ0n) is 9.92. The van der Waals surface area contributed by atoms with Crippen molar-refractivity contribution >= 4 is 11.6 Å². The summed E-state index contributed by atoms with van der Waals surface area (Å²) in [5.41, 5.74) is -0.242. The van der Waals surface area contributed by atoms with Gasteiger partial charge in [0.2, 0.25) is 0 Å². The highest BCUT2D eigenvalue weighted by atomic mass is 35.5. The van der Waals surface area contributed by atoms with Gasteiger partial charge in [-0.2, -0.15) is 0 Å². The monoisotopic (exact) mass is 286 g/mol. The zero-order valence-corrected chi connectivity index (χ0v) is 10.7. The molecule has 19 heavy (non-hydrogen) atoms. The standard InChI is InChI=1S/C14H10ClF3O/c1-7-2-5-11(17)12(13(7)18)14(19)9-4-3-8(16)6-10(9)15/h2-6,14,19H,1H3. The first-order valence-corrected chi connectivity index (χ1v) is 5.87. The molecule has 100 valence electrons. The van der Waals surface area contributed by atoms with Crippen LogP contribution in [0.1, 0.15) is 22.8 Å². The number of benzene rings is 2. The first-order chi connectivity index (χ1) is 8.91. The van der Waals surface area contributed by atoms with Crippen molar-refractivity contribution in [1.29, 1.82) is 0 Å². The molecule has 2 rings (SSSR count). The smallest absolute Gasteiger partial charge is 0.135 e. The number of hydrogen-bond acceptors (Lipinski definition) is 1. The molecule has 0 saturated heterocycles. The van der Waals surface area contributed by atoms with E-state index in [1.165, 1.54) is 19.1 Å². The van der Waals surface area contributed by atoms with Crippen LogP contribution in [0.3, 0.4) is 0 Å². The van der Waals surface area contributed by atoms with Crippen molar-refractivity contribution in [1.82, 2.24) is 0 Å². The lowest BCUT2D eigenvalue weighted by molar-refractivity contribution is 0.209. The van der Waals surface area contributed by atoms with Crippen molar-refractivity contribution in [2.45, 2.75) is 13.0 Å². The molecule has 0 fully saturated rings. The molecule has 0 saturated carbocycles. The molecule has 2 aromatic rings. The number of rotatable bonds is 2. The fraction of sp³-hybridized carbons (Fsp3) is 0.143. The van der Waals surface area contributed by atoms with Gasteiger partial charge >= 0.3 is 0 Å². The van der Waals surface area contributed by atoms with Gasteiger partial charge < -0.3 is 5.11 Å². The SMILES string of the molecule is Cc1ccc(F)c(C(O)c2ccc(F)cc2Cl)c1F. The third kappa shape index (κ3) is 2.60. The number of halogens is 4. The Bertz CT molecular complexity index is 628. The Hall–Kier alpha value is -1.52. The topological polar surface area (TPSA) is 20.2 Å². The summed E-state index contributed by atoms with van der Waals surface area (Å²) in [5.74, 6) is -2.31. The average Bonchev–Trinajstić information content (AvgIpc) is 2.34. The molecule has 1 atom stereocenters. The largest absolute Gasteiger partial charge is 0.383 e. The fourth-order valence-electron chi connectivity index (χ4n) is 1.81. The first-order valence-electron chi connectivity index (χ1n) is 5.49. The lowest BCUT2D eigenvalue weighted by atomic mass is 9.98. The lowest BCUT2D eigenvalue weighted by Crippen LogP contribution is -2.08. The second kappa shape index (κ2) is 5.23. The number of aliphatic hydroxyl groups excluding tert-OH is 1. The summed E-state index contributed by atoms with van der Waals surface area (Å²) in [5, 5.41) is 9.97. The normalized spacial score (nSPS) is 12.5. The third-order valence-electron chi connectivity index (χ3n) is 2.85. The van der Waals surface area contributed by atoms with Crippen molar-refractivity contribution in [3.8, 4) is 0 Å². The van der Waals surface area contributed by atoms with Crippen LogP contribution in [0.25, 0.3) is 0 Å². The van der Waals surface area contributed by atoms with Crippen molar-refractivity contribution in [2.24, 2.45) is 0 Å². The van der Waals surface area contributed by atoms with Crippen molar-refractivity contribution in [3.05, 3.63) is 69.5 Å². The minimum atomic E-state index is -1.59. The summed E-state index contributed by atoms with van der Waals surface area (Å²) in [6.07, 6.45) is -1.59. The molecular formula is C14H10ClF3O. The van der Waals surface area contributed by atoms with Gasteiger partial charge in [0.15, 0.2) is 0 Å². The number of hydrogen-bond donors (Lipinski definition) is 1. The Morgan fingerprint density at radius 2 is 1.79 bits per heavy atom. The van der Waals surface area contributed by atoms with Crippen LogP contribution in [0.5, 0.6) is 0 Å². The molecule has 2 aromatic carbocycles. The fourth-order valence-corrected chi connectivity index (χ4v) is 2.08. The van der Waals surface area contributed by atoms with E-state index in [4.69, 9.17) is 11.6 Å². The van der Waals surface area contributed by atoms with E-state index in [1.54, 1.807) is 0 Å². The highest BCUT2D eigenvalue weighted by molar-refractivity contribution is 6.31. The highest BCUT2D eigenvalue weighted by Gasteiger charge is 2.23. The summed E-state index contributed by atoms with van der Waals surface area (Å²) < 4.78 is 40.5. The maximum atomic E-state index is 13.9. The molecule has 0 spiro atoms. The van der Waals surface area contributed by atoms with Gasteiger partial charge in [-0.05, 0) is 30.7 Å².